The fourth-order valence-corrected chi connectivity index (χ4v) is 7.44. The van der Waals surface area contributed by atoms with E-state index in [2.05, 4.69) is 18.8 Å². The number of aryl methyl sites for hydroxylation is 2. The van der Waals surface area contributed by atoms with Crippen molar-refractivity contribution < 1.29 is 26.9 Å². The van der Waals surface area contributed by atoms with Crippen LogP contribution in [0.2, 0.25) is 0 Å². The van der Waals surface area contributed by atoms with Gasteiger partial charge in [-0.25, -0.2) is 4.98 Å². The molecule has 0 aliphatic carbocycles. The second-order valence-corrected chi connectivity index (χ2v) is 16.2. The summed E-state index contributed by atoms with van der Waals surface area (Å²) in [7, 11) is -4.05. The zero-order valence-electron chi connectivity index (χ0n) is 28.5. The standard InChI is InChI=1S/C36H51NO6S2/c1-22-11-15-31(16-12-22)45(40,41)43-33-18-13-23(2)27(6)28(7)35(39)36(9,10)26(5)20-34(38)42-32(17-14-24(33)3)25(4)19-30-21-44-29(8)37-30/h11-12,14-16,19,21,23,26-28,32-33H,13,17-18,20H2,1-10H3/b24-14-,25-19+/t23-,26-,27-,28+,32-,33+/m0/s1. The van der Waals surface area contributed by atoms with Crippen LogP contribution in [-0.2, 0) is 28.6 Å². The van der Waals surface area contributed by atoms with Gasteiger partial charge in [0.05, 0.1) is 21.7 Å². The van der Waals surface area contributed by atoms with Gasteiger partial charge in [0.15, 0.2) is 0 Å². The molecule has 0 saturated carbocycles. The fraction of sp³-hybridized carbons (Fsp3) is 0.583. The molecule has 0 fully saturated rings. The third-order valence-corrected chi connectivity index (χ3v) is 12.0. The Balaban J connectivity index is 2.03. The van der Waals surface area contributed by atoms with Gasteiger partial charge in [-0.1, -0.05) is 65.3 Å². The molecule has 0 unspecified atom stereocenters. The first-order chi connectivity index (χ1) is 20.9. The predicted octanol–water partition coefficient (Wildman–Crippen LogP) is 8.51. The zero-order valence-corrected chi connectivity index (χ0v) is 30.2. The van der Waals surface area contributed by atoms with E-state index in [0.29, 0.717) is 19.3 Å². The van der Waals surface area contributed by atoms with Crippen LogP contribution in [0.15, 0.2) is 51.8 Å². The van der Waals surface area contributed by atoms with Gasteiger partial charge in [0.25, 0.3) is 10.1 Å². The van der Waals surface area contributed by atoms with Gasteiger partial charge in [0.2, 0.25) is 0 Å². The van der Waals surface area contributed by atoms with Crippen LogP contribution in [0.25, 0.3) is 6.08 Å². The number of aromatic nitrogens is 1. The minimum atomic E-state index is -4.05. The van der Waals surface area contributed by atoms with Crippen molar-refractivity contribution in [1.29, 1.82) is 0 Å². The van der Waals surface area contributed by atoms with Gasteiger partial charge >= 0.3 is 5.97 Å². The van der Waals surface area contributed by atoms with Crippen LogP contribution in [0, 0.1) is 42.9 Å². The lowest BCUT2D eigenvalue weighted by atomic mass is 9.67. The van der Waals surface area contributed by atoms with E-state index in [4.69, 9.17) is 8.92 Å². The van der Waals surface area contributed by atoms with Crippen LogP contribution in [0.5, 0.6) is 0 Å². The smallest absolute Gasteiger partial charge is 0.306 e. The number of esters is 1. The van der Waals surface area contributed by atoms with Crippen molar-refractivity contribution in [3.05, 3.63) is 63.1 Å². The Morgan fingerprint density at radius 2 is 1.69 bits per heavy atom. The molecule has 0 N–H and O–H groups in total. The summed E-state index contributed by atoms with van der Waals surface area (Å²) in [6, 6.07) is 6.62. The van der Waals surface area contributed by atoms with Crippen LogP contribution in [0.4, 0.5) is 0 Å². The second kappa shape index (κ2) is 15.3. The van der Waals surface area contributed by atoms with E-state index in [9.17, 15) is 18.0 Å². The maximum Gasteiger partial charge on any atom is 0.306 e. The Kier molecular flexibility index (Phi) is 12.5. The summed E-state index contributed by atoms with van der Waals surface area (Å²) < 4.78 is 38.8. The lowest BCUT2D eigenvalue weighted by Gasteiger charge is -2.36. The highest BCUT2D eigenvalue weighted by Crippen LogP contribution is 2.38. The molecule has 0 spiro atoms. The molecule has 1 aromatic heterocycles. The Labute approximate surface area is 274 Å². The van der Waals surface area contributed by atoms with Crippen molar-refractivity contribution in [2.24, 2.45) is 29.1 Å². The number of ketones is 1. The average Bonchev–Trinajstić information content (AvgIpc) is 3.39. The Morgan fingerprint density at radius 1 is 1.04 bits per heavy atom. The number of carbonyl (C=O) groups is 2. The van der Waals surface area contributed by atoms with Crippen molar-refractivity contribution >= 4 is 39.3 Å². The van der Waals surface area contributed by atoms with Gasteiger partial charge < -0.3 is 4.74 Å². The molecule has 1 aromatic carbocycles. The number of thiazole rings is 1. The molecule has 0 bridgehead atoms. The summed E-state index contributed by atoms with van der Waals surface area (Å²) >= 11 is 1.54. The molecular weight excluding hydrogens is 607 g/mol. The highest BCUT2D eigenvalue weighted by molar-refractivity contribution is 7.86. The topological polar surface area (TPSA) is 99.6 Å². The third-order valence-electron chi connectivity index (χ3n) is 9.83. The summed E-state index contributed by atoms with van der Waals surface area (Å²) in [5.74, 6) is -0.539. The third kappa shape index (κ3) is 9.69. The van der Waals surface area contributed by atoms with E-state index in [1.165, 1.54) is 0 Å². The van der Waals surface area contributed by atoms with Gasteiger partial charge in [0.1, 0.15) is 11.9 Å². The average molecular weight is 658 g/mol. The maximum atomic E-state index is 13.8. The molecule has 2 heterocycles. The van der Waals surface area contributed by atoms with E-state index in [-0.39, 0.29) is 46.7 Å². The molecule has 45 heavy (non-hydrogen) atoms. The van der Waals surface area contributed by atoms with Crippen molar-refractivity contribution in [2.75, 3.05) is 0 Å². The zero-order chi connectivity index (χ0) is 33.7. The van der Waals surface area contributed by atoms with Crippen LogP contribution >= 0.6 is 11.3 Å². The van der Waals surface area contributed by atoms with Crippen molar-refractivity contribution in [3.63, 3.8) is 0 Å². The lowest BCUT2D eigenvalue weighted by molar-refractivity contribution is -0.150. The molecule has 3 rings (SSSR count). The highest BCUT2D eigenvalue weighted by atomic mass is 32.2. The number of hydrogen-bond donors (Lipinski definition) is 0. The Bertz CT molecular complexity index is 1500. The van der Waals surface area contributed by atoms with Gasteiger partial charge in [-0.3, -0.25) is 13.8 Å². The monoisotopic (exact) mass is 657 g/mol. The molecule has 7 nitrogen and oxygen atoms in total. The van der Waals surface area contributed by atoms with Crippen molar-refractivity contribution in [3.8, 4) is 0 Å². The Hall–Kier alpha value is -2.62. The normalized spacial score (nSPS) is 29.1. The summed E-state index contributed by atoms with van der Waals surface area (Å²) in [6.07, 6.45) is 4.11. The number of cyclic esters (lactones) is 1. The van der Waals surface area contributed by atoms with E-state index in [0.717, 1.165) is 27.4 Å². The minimum absolute atomic E-state index is 0.0500. The quantitative estimate of drug-likeness (QED) is 0.181. The van der Waals surface area contributed by atoms with Crippen LogP contribution < -0.4 is 0 Å². The van der Waals surface area contributed by atoms with Crippen LogP contribution in [0.1, 0.15) is 97.3 Å². The van der Waals surface area contributed by atoms with Gasteiger partial charge in [0, 0.05) is 29.6 Å². The molecule has 6 atom stereocenters. The van der Waals surface area contributed by atoms with Gasteiger partial charge in [-0.15, -0.1) is 11.3 Å². The SMILES string of the molecule is C/C1=C/C[C@@H](/C(C)=C/c2csc(C)n2)OC(=O)C[C@H](C)C(C)(C)C(=O)[C@H](C)[C@@H](C)[C@@H](C)CC[C@H]1OS(=O)(=O)c1ccc(C)cc1. The molecule has 9 heteroatoms. The summed E-state index contributed by atoms with van der Waals surface area (Å²) in [5, 5.41) is 2.89. The molecule has 0 saturated heterocycles. The predicted molar refractivity (Wildman–Crippen MR) is 181 cm³/mol. The number of carbonyl (C=O) groups excluding carboxylic acids is 2. The maximum absolute atomic E-state index is 13.8. The number of Topliss-reactive ketones (excluding diaryl/α,β-unsaturated/α-hetero) is 1. The number of nitrogens with zero attached hydrogens (tertiary/aromatic N) is 1. The summed E-state index contributed by atoms with van der Waals surface area (Å²) in [6.45, 7) is 19.6. The summed E-state index contributed by atoms with van der Waals surface area (Å²) in [4.78, 5) is 31.8. The molecule has 2 aromatic rings. The molecule has 0 radical (unpaired) electrons. The number of benzene rings is 1. The molecular formula is C36H51NO6S2. The molecule has 0 amide bonds. The van der Waals surface area contributed by atoms with Crippen molar-refractivity contribution in [2.45, 2.75) is 112 Å². The van der Waals surface area contributed by atoms with Crippen molar-refractivity contribution in [1.82, 2.24) is 4.98 Å². The van der Waals surface area contributed by atoms with Gasteiger partial charge in [-0.2, -0.15) is 8.42 Å². The number of hydrogen-bond acceptors (Lipinski definition) is 8. The fourth-order valence-electron chi connectivity index (χ4n) is 5.74. The first-order valence-corrected chi connectivity index (χ1v) is 18.2. The minimum Gasteiger partial charge on any atom is -0.457 e. The second-order valence-electron chi connectivity index (χ2n) is 13.6. The van der Waals surface area contributed by atoms with Crippen LogP contribution in [-0.4, -0.2) is 37.4 Å². The van der Waals surface area contributed by atoms with E-state index >= 15 is 0 Å². The van der Waals surface area contributed by atoms with E-state index in [1.54, 1.807) is 35.6 Å². The largest absolute Gasteiger partial charge is 0.457 e. The molecule has 1 aliphatic heterocycles. The number of rotatable bonds is 5. The first kappa shape index (κ1) is 36.8. The Morgan fingerprint density at radius 3 is 2.29 bits per heavy atom. The van der Waals surface area contributed by atoms with E-state index in [1.807, 2.05) is 72.9 Å². The first-order valence-electron chi connectivity index (χ1n) is 15.9. The van der Waals surface area contributed by atoms with Gasteiger partial charge in [-0.05, 0) is 87.6 Å². The lowest BCUT2D eigenvalue weighted by Crippen LogP contribution is -2.40. The number of ether oxygens (including phenoxy) is 1. The van der Waals surface area contributed by atoms with Crippen LogP contribution in [0.3, 0.4) is 0 Å². The molecule has 248 valence electrons. The highest BCUT2D eigenvalue weighted by Gasteiger charge is 2.40. The summed E-state index contributed by atoms with van der Waals surface area (Å²) in [5.41, 5.74) is 2.58. The van der Waals surface area contributed by atoms with E-state index < -0.39 is 27.7 Å². The molecule has 1 aliphatic rings.